The largest absolute Gasteiger partial charge is 0.467 e. The van der Waals surface area contributed by atoms with Crippen molar-refractivity contribution in [2.45, 2.75) is 62.7 Å². The molecule has 0 unspecified atom stereocenters. The SMILES string of the molecule is COc1ncc2c(n1)CN([C@H]1CC[C@H](c3cc(F)c(F)cc3F)[C@@H](N)C1)C2.O=C(C(=O)C(F)(F)F)C(F)(F)F. The zero-order valence-corrected chi connectivity index (χ0v) is 20.0. The number of carbonyl (C=O) groups is 2. The Balaban J connectivity index is 0.000000298. The van der Waals surface area contributed by atoms with E-state index in [4.69, 9.17) is 10.5 Å². The summed E-state index contributed by atoms with van der Waals surface area (Å²) < 4.78 is 113. The molecule has 1 saturated carbocycles. The highest BCUT2D eigenvalue weighted by Gasteiger charge is 2.54. The van der Waals surface area contributed by atoms with Crippen molar-refractivity contribution in [1.82, 2.24) is 14.9 Å². The van der Waals surface area contributed by atoms with Crippen molar-refractivity contribution < 1.29 is 53.8 Å². The Morgan fingerprint density at radius 3 is 2.08 bits per heavy atom. The zero-order chi connectivity index (χ0) is 29.3. The van der Waals surface area contributed by atoms with Crippen molar-refractivity contribution in [2.75, 3.05) is 7.11 Å². The van der Waals surface area contributed by atoms with E-state index in [9.17, 15) is 49.1 Å². The predicted molar refractivity (Wildman–Crippen MR) is 115 cm³/mol. The lowest BCUT2D eigenvalue weighted by Crippen LogP contribution is -2.44. The molecule has 2 heterocycles. The molecule has 2 aromatic rings. The van der Waals surface area contributed by atoms with Crippen LogP contribution in [0.3, 0.4) is 0 Å². The maximum atomic E-state index is 14.1. The predicted octanol–water partition coefficient (Wildman–Crippen LogP) is 4.13. The number of ether oxygens (including phenoxy) is 1. The summed E-state index contributed by atoms with van der Waals surface area (Å²) in [5.41, 5.74) is 8.50. The van der Waals surface area contributed by atoms with Crippen LogP contribution in [-0.2, 0) is 22.7 Å². The summed E-state index contributed by atoms with van der Waals surface area (Å²) in [6.07, 6.45) is -7.69. The number of fused-ring (bicyclic) bond motifs is 1. The number of hydrogen-bond acceptors (Lipinski definition) is 7. The Bertz CT molecular complexity index is 1210. The van der Waals surface area contributed by atoms with E-state index in [0.717, 1.165) is 30.3 Å². The van der Waals surface area contributed by atoms with Crippen LogP contribution in [0, 0.1) is 17.5 Å². The molecule has 16 heteroatoms. The summed E-state index contributed by atoms with van der Waals surface area (Å²) in [5, 5.41) is 0. The van der Waals surface area contributed by atoms with Crippen LogP contribution in [-0.4, -0.2) is 58.0 Å². The Hall–Kier alpha value is -3.27. The monoisotopic (exact) mass is 572 g/mol. The average Bonchev–Trinajstić information content (AvgIpc) is 3.28. The van der Waals surface area contributed by atoms with E-state index >= 15 is 0 Å². The third kappa shape index (κ3) is 7.03. The van der Waals surface area contributed by atoms with Gasteiger partial charge in [0, 0.05) is 48.9 Å². The van der Waals surface area contributed by atoms with E-state index in [0.29, 0.717) is 31.5 Å². The van der Waals surface area contributed by atoms with Gasteiger partial charge in [-0.25, -0.2) is 18.2 Å². The number of methoxy groups -OCH3 is 1. The second kappa shape index (κ2) is 11.5. The van der Waals surface area contributed by atoms with Gasteiger partial charge in [0.15, 0.2) is 11.6 Å². The van der Waals surface area contributed by atoms with E-state index in [2.05, 4.69) is 14.9 Å². The molecule has 1 aliphatic heterocycles. The molecule has 1 aliphatic carbocycles. The number of aromatic nitrogens is 2. The number of halogens is 9. The van der Waals surface area contributed by atoms with Crippen molar-refractivity contribution in [1.29, 1.82) is 0 Å². The highest BCUT2D eigenvalue weighted by Crippen LogP contribution is 2.38. The number of nitrogens with two attached hydrogens (primary N) is 1. The zero-order valence-electron chi connectivity index (χ0n) is 20.0. The van der Waals surface area contributed by atoms with Crippen molar-refractivity contribution in [2.24, 2.45) is 5.73 Å². The first-order chi connectivity index (χ1) is 18.0. The van der Waals surface area contributed by atoms with Crippen molar-refractivity contribution in [3.63, 3.8) is 0 Å². The van der Waals surface area contributed by atoms with Crippen LogP contribution < -0.4 is 10.5 Å². The molecule has 0 saturated heterocycles. The fourth-order valence-corrected chi connectivity index (χ4v) is 4.50. The minimum absolute atomic E-state index is 0.167. The lowest BCUT2D eigenvalue weighted by molar-refractivity contribution is -0.193. The van der Waals surface area contributed by atoms with Crippen LogP contribution in [0.4, 0.5) is 39.5 Å². The molecule has 7 nitrogen and oxygen atoms in total. The fraction of sp³-hybridized carbons (Fsp3) is 0.478. The first-order valence-corrected chi connectivity index (χ1v) is 11.3. The smallest absolute Gasteiger partial charge is 0.458 e. The summed E-state index contributed by atoms with van der Waals surface area (Å²) >= 11 is 0. The Morgan fingerprint density at radius 2 is 1.54 bits per heavy atom. The number of nitrogens with zero attached hydrogens (tertiary/aromatic N) is 3. The number of ketones is 2. The maximum Gasteiger partial charge on any atom is 0.458 e. The van der Waals surface area contributed by atoms with Gasteiger partial charge in [-0.05, 0) is 30.9 Å². The van der Waals surface area contributed by atoms with Crippen molar-refractivity contribution in [3.8, 4) is 6.01 Å². The first-order valence-electron chi connectivity index (χ1n) is 11.3. The molecule has 1 aromatic carbocycles. The molecule has 214 valence electrons. The van der Waals surface area contributed by atoms with Crippen LogP contribution in [0.2, 0.25) is 0 Å². The quantitative estimate of drug-likeness (QED) is 0.334. The molecule has 3 atom stereocenters. The van der Waals surface area contributed by atoms with E-state index in [1.54, 1.807) is 6.20 Å². The molecule has 0 spiro atoms. The number of rotatable bonds is 4. The van der Waals surface area contributed by atoms with Gasteiger partial charge in [-0.1, -0.05) is 0 Å². The third-order valence-electron chi connectivity index (χ3n) is 6.39. The maximum absolute atomic E-state index is 14.1. The van der Waals surface area contributed by atoms with Gasteiger partial charge >= 0.3 is 29.9 Å². The summed E-state index contributed by atoms with van der Waals surface area (Å²) in [7, 11) is 1.53. The van der Waals surface area contributed by atoms with Crippen molar-refractivity contribution >= 4 is 11.6 Å². The van der Waals surface area contributed by atoms with E-state index < -0.39 is 41.4 Å². The highest BCUT2D eigenvalue weighted by atomic mass is 19.4. The van der Waals surface area contributed by atoms with E-state index in [1.807, 2.05) is 0 Å². The van der Waals surface area contributed by atoms with Gasteiger partial charge in [-0.2, -0.15) is 31.3 Å². The Morgan fingerprint density at radius 1 is 0.949 bits per heavy atom. The summed E-state index contributed by atoms with van der Waals surface area (Å²) in [6.45, 7) is 1.43. The molecule has 1 aromatic heterocycles. The van der Waals surface area contributed by atoms with Gasteiger partial charge in [0.2, 0.25) is 0 Å². The van der Waals surface area contributed by atoms with Gasteiger partial charge in [0.25, 0.3) is 0 Å². The van der Waals surface area contributed by atoms with Crippen LogP contribution >= 0.6 is 0 Å². The molecule has 0 amide bonds. The Labute approximate surface area is 215 Å². The third-order valence-corrected chi connectivity index (χ3v) is 6.39. The number of hydrogen-bond donors (Lipinski definition) is 1. The van der Waals surface area contributed by atoms with E-state index in [1.165, 1.54) is 7.11 Å². The van der Waals surface area contributed by atoms with Gasteiger partial charge in [-0.3, -0.25) is 14.5 Å². The molecule has 39 heavy (non-hydrogen) atoms. The molecule has 1 fully saturated rings. The van der Waals surface area contributed by atoms with Gasteiger partial charge in [0.05, 0.1) is 12.8 Å². The standard InChI is InChI=1S/C19H21F3N4O.C4F6O2/c1-27-19-24-7-10-8-26(9-18(10)25-19)11-2-3-12(17(23)4-11)13-5-15(21)16(22)6-14(13)20;5-3(6,7)1(11)2(12)4(8,9)10/h5-7,11-12,17H,2-4,8-9,23H2,1H3;/t11-,12+,17-;/m0./s1. The molecule has 2 aliphatic rings. The topological polar surface area (TPSA) is 98.4 Å². The van der Waals surface area contributed by atoms with Crippen molar-refractivity contribution in [3.05, 3.63) is 52.6 Å². The number of alkyl halides is 6. The molecule has 2 N–H and O–H groups in total. The second-order valence-corrected chi connectivity index (χ2v) is 8.91. The summed E-state index contributed by atoms with van der Waals surface area (Å²) in [6, 6.07) is 1.80. The number of Topliss-reactive ketones (excluding diaryl/α,β-unsaturated/α-hetero) is 2. The normalized spacial score (nSPS) is 21.6. The fourth-order valence-electron chi connectivity index (χ4n) is 4.50. The van der Waals surface area contributed by atoms with Crippen LogP contribution in [0.15, 0.2) is 18.3 Å². The number of carbonyl (C=O) groups excluding carboxylic acids is 2. The molecular weight excluding hydrogens is 551 g/mol. The second-order valence-electron chi connectivity index (χ2n) is 8.91. The lowest BCUT2D eigenvalue weighted by atomic mass is 9.77. The molecule has 0 radical (unpaired) electrons. The molecular formula is C23H21F9N4O3. The Kier molecular flexibility index (Phi) is 8.89. The summed E-state index contributed by atoms with van der Waals surface area (Å²) in [5.74, 6) is -10.1. The lowest BCUT2D eigenvalue weighted by Gasteiger charge is -2.38. The van der Waals surface area contributed by atoms with E-state index in [-0.39, 0.29) is 23.6 Å². The minimum atomic E-state index is -5.77. The summed E-state index contributed by atoms with van der Waals surface area (Å²) in [4.78, 5) is 30.1. The average molecular weight is 572 g/mol. The van der Waals surface area contributed by atoms with Crippen LogP contribution in [0.5, 0.6) is 6.01 Å². The number of benzene rings is 1. The minimum Gasteiger partial charge on any atom is -0.467 e. The molecule has 4 rings (SSSR count). The van der Waals surface area contributed by atoms with Crippen LogP contribution in [0.25, 0.3) is 0 Å². The van der Waals surface area contributed by atoms with Gasteiger partial charge in [-0.15, -0.1) is 0 Å². The van der Waals surface area contributed by atoms with Crippen LogP contribution in [0.1, 0.15) is 42.0 Å². The first kappa shape index (κ1) is 30.3. The highest BCUT2D eigenvalue weighted by molar-refractivity contribution is 6.41. The van der Waals surface area contributed by atoms with Gasteiger partial charge < -0.3 is 10.5 Å². The van der Waals surface area contributed by atoms with Gasteiger partial charge in [0.1, 0.15) is 5.82 Å². The molecule has 0 bridgehead atoms.